The lowest BCUT2D eigenvalue weighted by molar-refractivity contribution is -0.130. The highest BCUT2D eigenvalue weighted by molar-refractivity contribution is 6.30. The Morgan fingerprint density at radius 3 is 2.35 bits per heavy atom. The van der Waals surface area contributed by atoms with Gasteiger partial charge in [0.1, 0.15) is 18.9 Å². The zero-order chi connectivity index (χ0) is 18.7. The van der Waals surface area contributed by atoms with Crippen molar-refractivity contribution in [2.45, 2.75) is 0 Å². The molecule has 7 heteroatoms. The number of imide groups is 1. The summed E-state index contributed by atoms with van der Waals surface area (Å²) in [6.45, 7) is 0.291. The molecule has 2 aromatic rings. The Labute approximate surface area is 155 Å². The SMILES string of the molecule is CN(CCOc1cccc(Cl)c1)C(=O)CN1C(=O)c2ccccc2C1=O. The molecule has 0 saturated carbocycles. The fraction of sp³-hybridized carbons (Fsp3) is 0.211. The molecule has 0 N–H and O–H groups in total. The van der Waals surface area contributed by atoms with Gasteiger partial charge in [0, 0.05) is 12.1 Å². The number of fused-ring (bicyclic) bond motifs is 1. The average Bonchev–Trinajstić information content (AvgIpc) is 2.87. The summed E-state index contributed by atoms with van der Waals surface area (Å²) in [5, 5.41) is 0.567. The summed E-state index contributed by atoms with van der Waals surface area (Å²) in [7, 11) is 1.60. The van der Waals surface area contributed by atoms with Gasteiger partial charge in [0.15, 0.2) is 0 Å². The smallest absolute Gasteiger partial charge is 0.262 e. The van der Waals surface area contributed by atoms with Crippen molar-refractivity contribution in [1.29, 1.82) is 0 Å². The van der Waals surface area contributed by atoms with Crippen LogP contribution in [0.1, 0.15) is 20.7 Å². The zero-order valence-electron chi connectivity index (χ0n) is 14.1. The Hall–Kier alpha value is -2.86. The molecular formula is C19H17ClN2O4. The minimum absolute atomic E-state index is 0.269. The third kappa shape index (κ3) is 3.70. The standard InChI is InChI=1S/C19H17ClN2O4/c1-21(9-10-26-14-6-4-5-13(20)11-14)17(23)12-22-18(24)15-7-2-3-8-16(15)19(22)25/h2-8,11H,9-10,12H2,1H3. The number of nitrogens with zero attached hydrogens (tertiary/aromatic N) is 2. The van der Waals surface area contributed by atoms with Crippen LogP contribution in [0.5, 0.6) is 5.75 Å². The van der Waals surface area contributed by atoms with Crippen molar-refractivity contribution in [2.75, 3.05) is 26.7 Å². The lowest BCUT2D eigenvalue weighted by Gasteiger charge is -2.20. The van der Waals surface area contributed by atoms with Crippen LogP contribution in [0.2, 0.25) is 5.02 Å². The predicted octanol–water partition coefficient (Wildman–Crippen LogP) is 2.47. The number of rotatable bonds is 6. The molecule has 0 radical (unpaired) electrons. The maximum Gasteiger partial charge on any atom is 0.262 e. The minimum atomic E-state index is -0.442. The highest BCUT2D eigenvalue weighted by atomic mass is 35.5. The second-order valence-electron chi connectivity index (χ2n) is 5.86. The van der Waals surface area contributed by atoms with Gasteiger partial charge < -0.3 is 9.64 Å². The molecule has 0 atom stereocenters. The molecule has 1 aliphatic rings. The molecule has 0 bridgehead atoms. The van der Waals surface area contributed by atoms with E-state index in [-0.39, 0.29) is 19.1 Å². The lowest BCUT2D eigenvalue weighted by atomic mass is 10.1. The second-order valence-corrected chi connectivity index (χ2v) is 6.30. The van der Waals surface area contributed by atoms with Crippen molar-refractivity contribution in [3.63, 3.8) is 0 Å². The van der Waals surface area contributed by atoms with E-state index in [1.807, 2.05) is 0 Å². The lowest BCUT2D eigenvalue weighted by Crippen LogP contribution is -2.42. The number of halogens is 1. The third-order valence-corrected chi connectivity index (χ3v) is 4.32. The van der Waals surface area contributed by atoms with Crippen LogP contribution in [0.4, 0.5) is 0 Å². The fourth-order valence-corrected chi connectivity index (χ4v) is 2.80. The van der Waals surface area contributed by atoms with Gasteiger partial charge in [-0.3, -0.25) is 19.3 Å². The topological polar surface area (TPSA) is 66.9 Å². The number of carbonyl (C=O) groups is 3. The Bertz CT molecular complexity index is 833. The van der Waals surface area contributed by atoms with Gasteiger partial charge in [-0.05, 0) is 30.3 Å². The average molecular weight is 373 g/mol. The summed E-state index contributed by atoms with van der Waals surface area (Å²) in [6.07, 6.45) is 0. The van der Waals surface area contributed by atoms with Crippen LogP contribution in [0, 0.1) is 0 Å². The molecule has 1 heterocycles. The first-order valence-corrected chi connectivity index (χ1v) is 8.42. The Morgan fingerprint density at radius 2 is 1.73 bits per heavy atom. The minimum Gasteiger partial charge on any atom is -0.492 e. The van der Waals surface area contributed by atoms with Gasteiger partial charge >= 0.3 is 0 Å². The van der Waals surface area contributed by atoms with Crippen molar-refractivity contribution in [3.05, 3.63) is 64.7 Å². The number of carbonyl (C=O) groups excluding carboxylic acids is 3. The van der Waals surface area contributed by atoms with E-state index in [0.717, 1.165) is 4.90 Å². The van der Waals surface area contributed by atoms with E-state index in [1.54, 1.807) is 55.6 Å². The van der Waals surface area contributed by atoms with E-state index in [9.17, 15) is 14.4 Å². The Balaban J connectivity index is 1.53. The van der Waals surface area contributed by atoms with Crippen LogP contribution < -0.4 is 4.74 Å². The molecule has 0 spiro atoms. The van der Waals surface area contributed by atoms with E-state index >= 15 is 0 Å². The van der Waals surface area contributed by atoms with Crippen LogP contribution in [0.25, 0.3) is 0 Å². The number of hydrogen-bond acceptors (Lipinski definition) is 4. The van der Waals surface area contributed by atoms with Gasteiger partial charge in [0.25, 0.3) is 11.8 Å². The second kappa shape index (κ2) is 7.58. The highest BCUT2D eigenvalue weighted by Crippen LogP contribution is 2.22. The summed E-state index contributed by atoms with van der Waals surface area (Å²) >= 11 is 5.88. The maximum absolute atomic E-state index is 12.3. The number of amides is 3. The summed E-state index contributed by atoms with van der Waals surface area (Å²) in [6, 6.07) is 13.5. The number of hydrogen-bond donors (Lipinski definition) is 0. The van der Waals surface area contributed by atoms with E-state index in [1.165, 1.54) is 4.90 Å². The molecule has 3 amide bonds. The number of likely N-dealkylation sites (N-methyl/N-ethyl adjacent to an activating group) is 1. The van der Waals surface area contributed by atoms with E-state index in [0.29, 0.717) is 28.4 Å². The van der Waals surface area contributed by atoms with Crippen molar-refractivity contribution >= 4 is 29.3 Å². The number of ether oxygens (including phenoxy) is 1. The molecule has 26 heavy (non-hydrogen) atoms. The van der Waals surface area contributed by atoms with Gasteiger partial charge in [-0.15, -0.1) is 0 Å². The van der Waals surface area contributed by atoms with Crippen LogP contribution in [-0.4, -0.2) is 54.3 Å². The van der Waals surface area contributed by atoms with Crippen LogP contribution in [-0.2, 0) is 4.79 Å². The third-order valence-electron chi connectivity index (χ3n) is 4.09. The summed E-state index contributed by atoms with van der Waals surface area (Å²) < 4.78 is 5.54. The van der Waals surface area contributed by atoms with Gasteiger partial charge in [-0.1, -0.05) is 29.8 Å². The van der Waals surface area contributed by atoms with Crippen molar-refractivity contribution in [2.24, 2.45) is 0 Å². The van der Waals surface area contributed by atoms with Crippen LogP contribution in [0.15, 0.2) is 48.5 Å². The first-order chi connectivity index (χ1) is 12.5. The quantitative estimate of drug-likeness (QED) is 0.730. The Kier molecular flexibility index (Phi) is 5.23. The van der Waals surface area contributed by atoms with Gasteiger partial charge in [-0.25, -0.2) is 0 Å². The number of benzene rings is 2. The first-order valence-electron chi connectivity index (χ1n) is 8.05. The zero-order valence-corrected chi connectivity index (χ0v) is 14.9. The van der Waals surface area contributed by atoms with Crippen molar-refractivity contribution in [1.82, 2.24) is 9.80 Å². The van der Waals surface area contributed by atoms with Crippen molar-refractivity contribution < 1.29 is 19.1 Å². The monoisotopic (exact) mass is 372 g/mol. The molecule has 6 nitrogen and oxygen atoms in total. The first kappa shape index (κ1) is 17.9. The van der Waals surface area contributed by atoms with Gasteiger partial charge in [0.05, 0.1) is 17.7 Å². The molecule has 0 saturated heterocycles. The van der Waals surface area contributed by atoms with E-state index in [4.69, 9.17) is 16.3 Å². The largest absolute Gasteiger partial charge is 0.492 e. The molecule has 0 aliphatic carbocycles. The molecule has 3 rings (SSSR count). The molecule has 1 aliphatic heterocycles. The summed E-state index contributed by atoms with van der Waals surface area (Å²) in [4.78, 5) is 39.3. The highest BCUT2D eigenvalue weighted by Gasteiger charge is 2.36. The fourth-order valence-electron chi connectivity index (χ4n) is 2.62. The molecule has 0 aromatic heterocycles. The molecule has 0 fully saturated rings. The Morgan fingerprint density at radius 1 is 1.08 bits per heavy atom. The molecule has 134 valence electrons. The molecular weight excluding hydrogens is 356 g/mol. The predicted molar refractivity (Wildman–Crippen MR) is 96.4 cm³/mol. The summed E-state index contributed by atoms with van der Waals surface area (Å²) in [5.74, 6) is -0.613. The van der Waals surface area contributed by atoms with Crippen molar-refractivity contribution in [3.8, 4) is 5.75 Å². The molecule has 0 unspecified atom stereocenters. The van der Waals surface area contributed by atoms with E-state index in [2.05, 4.69) is 0 Å². The molecule has 2 aromatic carbocycles. The van der Waals surface area contributed by atoms with Crippen LogP contribution in [0.3, 0.4) is 0 Å². The normalized spacial score (nSPS) is 12.9. The van der Waals surface area contributed by atoms with Gasteiger partial charge in [0.2, 0.25) is 5.91 Å². The van der Waals surface area contributed by atoms with Gasteiger partial charge in [-0.2, -0.15) is 0 Å². The summed E-state index contributed by atoms with van der Waals surface area (Å²) in [5.41, 5.74) is 0.662. The van der Waals surface area contributed by atoms with Crippen LogP contribution >= 0.6 is 11.6 Å². The maximum atomic E-state index is 12.3. The van der Waals surface area contributed by atoms with E-state index < -0.39 is 11.8 Å².